The smallest absolute Gasteiger partial charge is 0.168 e. The van der Waals surface area contributed by atoms with Crippen molar-refractivity contribution in [3.63, 3.8) is 0 Å². The van der Waals surface area contributed by atoms with Gasteiger partial charge in [-0.05, 0) is 58.0 Å². The van der Waals surface area contributed by atoms with Crippen LogP contribution in [0.2, 0.25) is 5.02 Å². The highest BCUT2D eigenvalue weighted by Crippen LogP contribution is 2.47. The first-order valence-corrected chi connectivity index (χ1v) is 11.8. The summed E-state index contributed by atoms with van der Waals surface area (Å²) in [6.07, 6.45) is 5.67. The van der Waals surface area contributed by atoms with Gasteiger partial charge in [-0.2, -0.15) is 5.26 Å². The Labute approximate surface area is 203 Å². The molecule has 1 atom stereocenters. The first-order chi connectivity index (χ1) is 16.7. The number of fused-ring (bicyclic) bond motifs is 4. The SMILES string of the molecule is N#Cc1ccc(-c2ccc(Cl)cc2)c2c3c(ccc12)C1=C(CC3=O)C(c2ccccc2)CC=C1. The zero-order valence-electron chi connectivity index (χ0n) is 18.4. The molecule has 2 nitrogen and oxygen atoms in total. The van der Waals surface area contributed by atoms with Gasteiger partial charge in [0.05, 0.1) is 11.6 Å². The van der Waals surface area contributed by atoms with Gasteiger partial charge in [-0.25, -0.2) is 0 Å². The Bertz CT molecular complexity index is 1570. The number of carbonyl (C=O) groups excluding carboxylic acids is 1. The summed E-state index contributed by atoms with van der Waals surface area (Å²) in [5, 5.41) is 12.1. The quantitative estimate of drug-likeness (QED) is 0.305. The molecule has 0 radical (unpaired) electrons. The van der Waals surface area contributed by atoms with Gasteiger partial charge in [0.15, 0.2) is 5.78 Å². The highest BCUT2D eigenvalue weighted by atomic mass is 35.5. The van der Waals surface area contributed by atoms with Crippen LogP contribution < -0.4 is 0 Å². The fourth-order valence-electron chi connectivity index (χ4n) is 5.45. The van der Waals surface area contributed by atoms with Crippen LogP contribution in [0.1, 0.15) is 45.8 Å². The number of halogens is 1. The van der Waals surface area contributed by atoms with E-state index in [9.17, 15) is 10.1 Å². The van der Waals surface area contributed by atoms with Crippen LogP contribution in [0.5, 0.6) is 0 Å². The van der Waals surface area contributed by atoms with E-state index in [1.807, 2.05) is 54.6 Å². The molecule has 6 rings (SSSR count). The molecule has 4 aromatic carbocycles. The fraction of sp³-hybridized carbons (Fsp3) is 0.0968. The molecular formula is C31H20ClNO. The van der Waals surface area contributed by atoms with Crippen LogP contribution in [0, 0.1) is 11.3 Å². The number of nitriles is 1. The average molecular weight is 458 g/mol. The van der Waals surface area contributed by atoms with Crippen LogP contribution in [0.3, 0.4) is 0 Å². The lowest BCUT2D eigenvalue weighted by atomic mass is 9.72. The lowest BCUT2D eigenvalue weighted by molar-refractivity contribution is 0.0991. The van der Waals surface area contributed by atoms with E-state index in [-0.39, 0.29) is 11.7 Å². The van der Waals surface area contributed by atoms with E-state index in [1.54, 1.807) is 0 Å². The van der Waals surface area contributed by atoms with Crippen molar-refractivity contribution in [2.45, 2.75) is 18.8 Å². The summed E-state index contributed by atoms with van der Waals surface area (Å²) in [4.78, 5) is 13.8. The van der Waals surface area contributed by atoms with Crippen molar-refractivity contribution in [2.24, 2.45) is 0 Å². The van der Waals surface area contributed by atoms with E-state index in [0.717, 1.165) is 45.0 Å². The predicted octanol–water partition coefficient (Wildman–Crippen LogP) is 8.12. The second-order valence-corrected chi connectivity index (χ2v) is 9.27. The normalized spacial score (nSPS) is 16.8. The number of ketones is 1. The Kier molecular flexibility index (Phi) is 4.94. The highest BCUT2D eigenvalue weighted by Gasteiger charge is 2.32. The van der Waals surface area contributed by atoms with E-state index < -0.39 is 0 Å². The number of hydrogen-bond acceptors (Lipinski definition) is 2. The number of rotatable bonds is 2. The summed E-state index contributed by atoms with van der Waals surface area (Å²) < 4.78 is 0. The van der Waals surface area contributed by atoms with Crippen molar-refractivity contribution < 1.29 is 4.79 Å². The van der Waals surface area contributed by atoms with Gasteiger partial charge in [0.2, 0.25) is 0 Å². The molecule has 0 aliphatic heterocycles. The van der Waals surface area contributed by atoms with E-state index >= 15 is 0 Å². The van der Waals surface area contributed by atoms with Crippen LogP contribution in [0.25, 0.3) is 27.5 Å². The minimum absolute atomic E-state index is 0.112. The minimum Gasteiger partial charge on any atom is -0.294 e. The van der Waals surface area contributed by atoms with Crippen molar-refractivity contribution in [3.8, 4) is 17.2 Å². The molecule has 2 aliphatic carbocycles. The number of carbonyl (C=O) groups is 1. The van der Waals surface area contributed by atoms with Crippen molar-refractivity contribution in [2.75, 3.05) is 0 Å². The van der Waals surface area contributed by atoms with E-state index in [2.05, 4.69) is 42.5 Å². The maximum absolute atomic E-state index is 13.8. The largest absolute Gasteiger partial charge is 0.294 e. The molecule has 2 aliphatic rings. The second kappa shape index (κ2) is 8.13. The van der Waals surface area contributed by atoms with Crippen molar-refractivity contribution in [1.82, 2.24) is 0 Å². The Balaban J connectivity index is 1.64. The molecule has 3 heteroatoms. The van der Waals surface area contributed by atoms with E-state index in [0.29, 0.717) is 17.0 Å². The van der Waals surface area contributed by atoms with Gasteiger partial charge in [-0.3, -0.25) is 4.79 Å². The van der Waals surface area contributed by atoms with Gasteiger partial charge in [0, 0.05) is 33.7 Å². The topological polar surface area (TPSA) is 40.9 Å². The Hall–Kier alpha value is -3.93. The van der Waals surface area contributed by atoms with Gasteiger partial charge in [-0.1, -0.05) is 84.4 Å². The molecule has 0 aromatic heterocycles. The molecule has 0 amide bonds. The maximum atomic E-state index is 13.8. The lowest BCUT2D eigenvalue weighted by Crippen LogP contribution is -2.19. The molecule has 4 aromatic rings. The zero-order chi connectivity index (χ0) is 23.2. The Morgan fingerprint density at radius 3 is 2.41 bits per heavy atom. The minimum atomic E-state index is 0.112. The summed E-state index contributed by atoms with van der Waals surface area (Å²) in [6.45, 7) is 0. The molecule has 0 spiro atoms. The molecule has 0 N–H and O–H groups in total. The third-order valence-electron chi connectivity index (χ3n) is 7.00. The third kappa shape index (κ3) is 3.21. The van der Waals surface area contributed by atoms with E-state index in [1.165, 1.54) is 11.1 Å². The van der Waals surface area contributed by atoms with Crippen LogP contribution in [0.4, 0.5) is 0 Å². The molecule has 0 saturated carbocycles. The Morgan fingerprint density at radius 1 is 0.882 bits per heavy atom. The van der Waals surface area contributed by atoms with E-state index in [4.69, 9.17) is 11.6 Å². The van der Waals surface area contributed by atoms with Crippen LogP contribution in [-0.4, -0.2) is 5.78 Å². The second-order valence-electron chi connectivity index (χ2n) is 8.83. The predicted molar refractivity (Wildman–Crippen MR) is 138 cm³/mol. The van der Waals surface area contributed by atoms with Gasteiger partial charge < -0.3 is 0 Å². The third-order valence-corrected chi connectivity index (χ3v) is 7.25. The van der Waals surface area contributed by atoms with Crippen LogP contribution >= 0.6 is 11.6 Å². The number of Topliss-reactive ketones (excluding diaryl/α,β-unsaturated/α-hetero) is 1. The molecule has 0 fully saturated rings. The standard InChI is InChI=1S/C31H20ClNO/c32-22-12-9-20(10-13-22)24-14-11-21(18-33)25-15-16-27-26-8-4-7-23(19-5-2-1-3-6-19)28(26)17-29(34)31(27)30(24)25/h1-6,8-16,23H,7,17H2. The summed E-state index contributed by atoms with van der Waals surface area (Å²) in [5.41, 5.74) is 7.74. The first kappa shape index (κ1) is 20.7. The fourth-order valence-corrected chi connectivity index (χ4v) is 5.58. The molecule has 1 unspecified atom stereocenters. The van der Waals surface area contributed by atoms with Gasteiger partial charge >= 0.3 is 0 Å². The molecule has 0 bridgehead atoms. The van der Waals surface area contributed by atoms with Gasteiger partial charge in [-0.15, -0.1) is 0 Å². The molecule has 0 heterocycles. The number of benzene rings is 4. The summed E-state index contributed by atoms with van der Waals surface area (Å²) >= 11 is 6.13. The molecule has 34 heavy (non-hydrogen) atoms. The number of allylic oxidation sites excluding steroid dienone is 4. The lowest BCUT2D eigenvalue weighted by Gasteiger charge is -2.31. The maximum Gasteiger partial charge on any atom is 0.168 e. The number of nitrogens with zero attached hydrogens (tertiary/aromatic N) is 1. The molecule has 0 saturated heterocycles. The van der Waals surface area contributed by atoms with Crippen molar-refractivity contribution in [1.29, 1.82) is 5.26 Å². The summed E-state index contributed by atoms with van der Waals surface area (Å²) in [5.74, 6) is 0.316. The Morgan fingerprint density at radius 2 is 1.65 bits per heavy atom. The summed E-state index contributed by atoms with van der Waals surface area (Å²) in [6, 6.07) is 28.2. The summed E-state index contributed by atoms with van der Waals surface area (Å²) in [7, 11) is 0. The number of hydrogen-bond donors (Lipinski definition) is 0. The van der Waals surface area contributed by atoms with Crippen molar-refractivity contribution >= 4 is 33.7 Å². The van der Waals surface area contributed by atoms with Gasteiger partial charge in [0.1, 0.15) is 0 Å². The molecule has 162 valence electrons. The monoisotopic (exact) mass is 457 g/mol. The van der Waals surface area contributed by atoms with Crippen molar-refractivity contribution in [3.05, 3.63) is 124 Å². The van der Waals surface area contributed by atoms with Gasteiger partial charge in [0.25, 0.3) is 0 Å². The first-order valence-electron chi connectivity index (χ1n) is 11.4. The highest BCUT2D eigenvalue weighted by molar-refractivity contribution is 6.30. The van der Waals surface area contributed by atoms with Crippen LogP contribution in [0.15, 0.2) is 96.6 Å². The van der Waals surface area contributed by atoms with Crippen LogP contribution in [-0.2, 0) is 0 Å². The zero-order valence-corrected chi connectivity index (χ0v) is 19.1. The molecular weight excluding hydrogens is 438 g/mol. The average Bonchev–Trinajstić information content (AvgIpc) is 2.88.